The molecule has 2 aromatic rings. The molecular formula is C13H15Br2N5O. The molecule has 1 aliphatic rings. The Morgan fingerprint density at radius 1 is 1.29 bits per heavy atom. The average Bonchev–Trinajstić information content (AvgIpc) is 2.75. The summed E-state index contributed by atoms with van der Waals surface area (Å²) in [6.07, 6.45) is 2.86. The Balaban J connectivity index is 1.73. The van der Waals surface area contributed by atoms with Crippen molar-refractivity contribution in [3.8, 4) is 11.5 Å². The molecule has 1 saturated heterocycles. The molecule has 0 unspecified atom stereocenters. The van der Waals surface area contributed by atoms with Gasteiger partial charge in [-0.25, -0.2) is 0 Å². The van der Waals surface area contributed by atoms with Crippen LogP contribution in [0.15, 0.2) is 25.7 Å². The fourth-order valence-corrected chi connectivity index (χ4v) is 3.41. The molecule has 1 N–H and O–H groups in total. The Morgan fingerprint density at radius 2 is 2.19 bits per heavy atom. The molecule has 0 saturated carbocycles. The minimum Gasteiger partial charge on any atom is -0.337 e. The van der Waals surface area contributed by atoms with Crippen molar-refractivity contribution in [3.05, 3.63) is 27.1 Å². The highest BCUT2D eigenvalue weighted by atomic mass is 79.9. The van der Waals surface area contributed by atoms with Crippen LogP contribution in [-0.2, 0) is 6.54 Å². The highest BCUT2D eigenvalue weighted by molar-refractivity contribution is 9.11. The van der Waals surface area contributed by atoms with Crippen LogP contribution < -0.4 is 5.32 Å². The molecule has 112 valence electrons. The molecule has 0 atom stereocenters. The van der Waals surface area contributed by atoms with Gasteiger partial charge in [0.15, 0.2) is 0 Å². The zero-order chi connectivity index (χ0) is 14.7. The third kappa shape index (κ3) is 3.88. The lowest BCUT2D eigenvalue weighted by Crippen LogP contribution is -2.27. The van der Waals surface area contributed by atoms with Gasteiger partial charge in [-0.1, -0.05) is 5.16 Å². The van der Waals surface area contributed by atoms with Crippen LogP contribution in [0.5, 0.6) is 0 Å². The van der Waals surface area contributed by atoms with Crippen molar-refractivity contribution in [1.29, 1.82) is 0 Å². The normalized spacial score (nSPS) is 16.9. The molecule has 21 heavy (non-hydrogen) atoms. The summed E-state index contributed by atoms with van der Waals surface area (Å²) in [4.78, 5) is 11.1. The number of nitrogens with zero attached hydrogens (tertiary/aromatic N) is 4. The number of halogens is 2. The smallest absolute Gasteiger partial charge is 0.241 e. The van der Waals surface area contributed by atoms with Gasteiger partial charge < -0.3 is 9.84 Å². The van der Waals surface area contributed by atoms with Gasteiger partial charge in [0.05, 0.1) is 6.54 Å². The molecule has 0 aromatic carbocycles. The summed E-state index contributed by atoms with van der Waals surface area (Å²) in [6, 6.07) is 1.92. The molecule has 0 spiro atoms. The molecule has 0 amide bonds. The second kappa shape index (κ2) is 6.95. The van der Waals surface area contributed by atoms with Gasteiger partial charge in [-0.15, -0.1) is 0 Å². The molecule has 0 aliphatic carbocycles. The lowest BCUT2D eigenvalue weighted by atomic mass is 10.3. The van der Waals surface area contributed by atoms with E-state index >= 15 is 0 Å². The average molecular weight is 417 g/mol. The standard InChI is InChI=1S/C13H15Br2N5O/c14-9-6-10(15)12(17-7-9)13-18-11(21-19-13)8-20-4-1-2-16-3-5-20/h6-7,16H,1-5,8H2. The first kappa shape index (κ1) is 15.1. The van der Waals surface area contributed by atoms with Gasteiger partial charge in [-0.2, -0.15) is 4.98 Å². The number of pyridine rings is 1. The number of aromatic nitrogens is 3. The molecule has 0 radical (unpaired) electrons. The van der Waals surface area contributed by atoms with E-state index in [0.717, 1.165) is 41.5 Å². The molecule has 8 heteroatoms. The van der Waals surface area contributed by atoms with E-state index in [9.17, 15) is 0 Å². The van der Waals surface area contributed by atoms with Gasteiger partial charge in [0, 0.05) is 28.2 Å². The third-order valence-corrected chi connectivity index (χ3v) is 4.32. The number of hydrogen-bond donors (Lipinski definition) is 1. The minimum atomic E-state index is 0.511. The zero-order valence-corrected chi connectivity index (χ0v) is 14.5. The van der Waals surface area contributed by atoms with E-state index in [4.69, 9.17) is 4.52 Å². The summed E-state index contributed by atoms with van der Waals surface area (Å²) in [6.45, 7) is 4.80. The molecular weight excluding hydrogens is 402 g/mol. The Morgan fingerprint density at radius 3 is 3.05 bits per heavy atom. The Labute approximate surface area is 139 Å². The highest BCUT2D eigenvalue weighted by Gasteiger charge is 2.16. The first-order valence-corrected chi connectivity index (χ1v) is 8.38. The lowest BCUT2D eigenvalue weighted by molar-refractivity contribution is 0.239. The van der Waals surface area contributed by atoms with Crippen molar-refractivity contribution in [1.82, 2.24) is 25.3 Å². The topological polar surface area (TPSA) is 67.1 Å². The van der Waals surface area contributed by atoms with Crippen LogP contribution in [0.4, 0.5) is 0 Å². The van der Waals surface area contributed by atoms with Gasteiger partial charge in [-0.05, 0) is 57.4 Å². The zero-order valence-electron chi connectivity index (χ0n) is 11.4. The van der Waals surface area contributed by atoms with Crippen molar-refractivity contribution >= 4 is 31.9 Å². The largest absolute Gasteiger partial charge is 0.337 e. The number of hydrogen-bond acceptors (Lipinski definition) is 6. The van der Waals surface area contributed by atoms with Crippen LogP contribution in [-0.4, -0.2) is 46.2 Å². The Bertz CT molecular complexity index is 610. The monoisotopic (exact) mass is 415 g/mol. The molecule has 2 aromatic heterocycles. The number of nitrogens with one attached hydrogen (secondary N) is 1. The van der Waals surface area contributed by atoms with Gasteiger partial charge in [-0.3, -0.25) is 9.88 Å². The fourth-order valence-electron chi connectivity index (χ4n) is 2.25. The van der Waals surface area contributed by atoms with Gasteiger partial charge in [0.25, 0.3) is 0 Å². The third-order valence-electron chi connectivity index (χ3n) is 3.28. The summed E-state index contributed by atoms with van der Waals surface area (Å²) in [5.41, 5.74) is 0.686. The van der Waals surface area contributed by atoms with E-state index in [1.54, 1.807) is 6.20 Å². The molecule has 1 fully saturated rings. The molecule has 3 heterocycles. The fraction of sp³-hybridized carbons (Fsp3) is 0.462. The van der Waals surface area contributed by atoms with Crippen LogP contribution in [0.1, 0.15) is 12.3 Å². The minimum absolute atomic E-state index is 0.511. The van der Waals surface area contributed by atoms with Crippen molar-refractivity contribution < 1.29 is 4.52 Å². The maximum Gasteiger partial charge on any atom is 0.241 e. The lowest BCUT2D eigenvalue weighted by Gasteiger charge is -2.16. The maximum atomic E-state index is 5.35. The Kier molecular flexibility index (Phi) is 4.99. The summed E-state index contributed by atoms with van der Waals surface area (Å²) in [5, 5.41) is 7.41. The van der Waals surface area contributed by atoms with Crippen LogP contribution in [0.25, 0.3) is 11.5 Å². The van der Waals surface area contributed by atoms with Crippen LogP contribution in [0.2, 0.25) is 0 Å². The van der Waals surface area contributed by atoms with E-state index in [0.29, 0.717) is 24.0 Å². The van der Waals surface area contributed by atoms with Gasteiger partial charge in [0.2, 0.25) is 11.7 Å². The quantitative estimate of drug-likeness (QED) is 0.828. The van der Waals surface area contributed by atoms with E-state index in [2.05, 4.69) is 57.2 Å². The highest BCUT2D eigenvalue weighted by Crippen LogP contribution is 2.26. The Hall–Kier alpha value is -0.830. The van der Waals surface area contributed by atoms with Crippen molar-refractivity contribution in [3.63, 3.8) is 0 Å². The second-order valence-corrected chi connectivity index (χ2v) is 6.65. The SMILES string of the molecule is Brc1cnc(-c2noc(CN3CCCNCC3)n2)c(Br)c1. The van der Waals surface area contributed by atoms with Crippen LogP contribution in [0, 0.1) is 0 Å². The van der Waals surface area contributed by atoms with Crippen LogP contribution in [0.3, 0.4) is 0 Å². The van der Waals surface area contributed by atoms with Crippen molar-refractivity contribution in [2.24, 2.45) is 0 Å². The predicted molar refractivity (Wildman–Crippen MR) is 85.7 cm³/mol. The summed E-state index contributed by atoms with van der Waals surface area (Å²) < 4.78 is 7.09. The summed E-state index contributed by atoms with van der Waals surface area (Å²) in [5.74, 6) is 1.14. The van der Waals surface area contributed by atoms with E-state index in [-0.39, 0.29) is 0 Å². The van der Waals surface area contributed by atoms with Crippen molar-refractivity contribution in [2.45, 2.75) is 13.0 Å². The summed E-state index contributed by atoms with van der Waals surface area (Å²) in [7, 11) is 0. The second-order valence-electron chi connectivity index (χ2n) is 4.88. The first-order chi connectivity index (χ1) is 10.2. The molecule has 1 aliphatic heterocycles. The van der Waals surface area contributed by atoms with E-state index in [1.165, 1.54) is 0 Å². The predicted octanol–water partition coefficient (Wildman–Crippen LogP) is 2.45. The van der Waals surface area contributed by atoms with Crippen LogP contribution >= 0.6 is 31.9 Å². The van der Waals surface area contributed by atoms with Crippen molar-refractivity contribution in [2.75, 3.05) is 26.2 Å². The number of rotatable bonds is 3. The van der Waals surface area contributed by atoms with Gasteiger partial charge >= 0.3 is 0 Å². The molecule has 0 bridgehead atoms. The van der Waals surface area contributed by atoms with E-state index < -0.39 is 0 Å². The molecule has 3 rings (SSSR count). The van der Waals surface area contributed by atoms with E-state index in [1.807, 2.05) is 6.07 Å². The maximum absolute atomic E-state index is 5.35. The first-order valence-electron chi connectivity index (χ1n) is 6.79. The molecule has 6 nitrogen and oxygen atoms in total. The summed E-state index contributed by atoms with van der Waals surface area (Å²) >= 11 is 6.85. The van der Waals surface area contributed by atoms with Gasteiger partial charge in [0.1, 0.15) is 5.69 Å².